The summed E-state index contributed by atoms with van der Waals surface area (Å²) in [4.78, 5) is 20.7. The number of rotatable bonds is 4. The number of benzene rings is 1. The van der Waals surface area contributed by atoms with Crippen molar-refractivity contribution in [1.82, 2.24) is 14.9 Å². The van der Waals surface area contributed by atoms with Gasteiger partial charge in [-0.2, -0.15) is 0 Å². The van der Waals surface area contributed by atoms with Crippen LogP contribution in [0.3, 0.4) is 0 Å². The van der Waals surface area contributed by atoms with Crippen LogP contribution >= 0.6 is 0 Å². The maximum absolute atomic E-state index is 11.4. The molecular weight excluding hydrogens is 230 g/mol. The number of hydrogen-bond donors (Lipinski definition) is 1. The van der Waals surface area contributed by atoms with Gasteiger partial charge in [0.15, 0.2) is 0 Å². The summed E-state index contributed by atoms with van der Waals surface area (Å²) in [6.07, 6.45) is 2.00. The first-order valence-electron chi connectivity index (χ1n) is 5.78. The van der Waals surface area contributed by atoms with E-state index in [1.807, 2.05) is 37.2 Å². The highest BCUT2D eigenvalue weighted by Crippen LogP contribution is 2.24. The topological polar surface area (TPSA) is 58.2 Å². The van der Waals surface area contributed by atoms with Gasteiger partial charge in [-0.3, -0.25) is 4.79 Å². The maximum atomic E-state index is 11.4. The fourth-order valence-corrected chi connectivity index (χ4v) is 2.00. The Labute approximate surface area is 106 Å². The zero-order chi connectivity index (χ0) is 13.1. The van der Waals surface area contributed by atoms with Crippen LogP contribution in [0.15, 0.2) is 24.5 Å². The normalized spacial score (nSPS) is 12.9. The zero-order valence-corrected chi connectivity index (χ0v) is 10.8. The van der Waals surface area contributed by atoms with Crippen LogP contribution < -0.4 is 0 Å². The molecule has 2 aromatic rings. The Morgan fingerprint density at radius 3 is 2.94 bits per heavy atom. The molecule has 0 fully saturated rings. The van der Waals surface area contributed by atoms with E-state index in [2.05, 4.69) is 9.97 Å². The first-order chi connectivity index (χ1) is 8.61. The average molecular weight is 247 g/mol. The van der Waals surface area contributed by atoms with Crippen molar-refractivity contribution in [3.8, 4) is 0 Å². The van der Waals surface area contributed by atoms with Gasteiger partial charge >= 0.3 is 5.97 Å². The third-order valence-electron chi connectivity index (χ3n) is 3.04. The second kappa shape index (κ2) is 5.18. The van der Waals surface area contributed by atoms with Crippen LogP contribution in [-0.2, 0) is 9.53 Å². The Bertz CT molecular complexity index is 548. The van der Waals surface area contributed by atoms with Crippen molar-refractivity contribution in [1.29, 1.82) is 0 Å². The summed E-state index contributed by atoms with van der Waals surface area (Å²) < 4.78 is 4.74. The molecule has 1 N–H and O–H groups in total. The standard InChI is InChI=1S/C13H17N3O2/c1-16(2)12(7-13(17)18-3)9-4-5-10-11(6-9)15-8-14-10/h4-6,8,12H,7H2,1-3H3,(H,14,15). The molecule has 0 radical (unpaired) electrons. The molecule has 5 heteroatoms. The predicted octanol–water partition coefficient (Wildman–Crippen LogP) is 1.73. The van der Waals surface area contributed by atoms with Gasteiger partial charge in [0.25, 0.3) is 0 Å². The first kappa shape index (κ1) is 12.6. The number of nitrogens with one attached hydrogen (secondary N) is 1. The maximum Gasteiger partial charge on any atom is 0.307 e. The molecule has 18 heavy (non-hydrogen) atoms. The number of H-pyrrole nitrogens is 1. The van der Waals surface area contributed by atoms with Crippen LogP contribution in [0.25, 0.3) is 11.0 Å². The number of methoxy groups -OCH3 is 1. The Hall–Kier alpha value is -1.88. The number of hydrogen-bond acceptors (Lipinski definition) is 4. The van der Waals surface area contributed by atoms with E-state index in [9.17, 15) is 4.79 Å². The molecule has 1 aromatic heterocycles. The summed E-state index contributed by atoms with van der Waals surface area (Å²) in [7, 11) is 5.31. The number of fused-ring (bicyclic) bond motifs is 1. The number of ether oxygens (including phenoxy) is 1. The van der Waals surface area contributed by atoms with Crippen LogP contribution in [0.1, 0.15) is 18.0 Å². The van der Waals surface area contributed by atoms with Crippen molar-refractivity contribution in [3.05, 3.63) is 30.1 Å². The fourth-order valence-electron chi connectivity index (χ4n) is 2.00. The van der Waals surface area contributed by atoms with Gasteiger partial charge in [0, 0.05) is 6.04 Å². The van der Waals surface area contributed by atoms with Gasteiger partial charge in [-0.15, -0.1) is 0 Å². The molecule has 0 spiro atoms. The molecule has 0 saturated heterocycles. The van der Waals surface area contributed by atoms with Crippen molar-refractivity contribution in [3.63, 3.8) is 0 Å². The van der Waals surface area contributed by atoms with Gasteiger partial charge in [0.2, 0.25) is 0 Å². The lowest BCUT2D eigenvalue weighted by atomic mass is 10.0. The lowest BCUT2D eigenvalue weighted by Gasteiger charge is -2.23. The first-order valence-corrected chi connectivity index (χ1v) is 5.78. The third kappa shape index (κ3) is 2.51. The van der Waals surface area contributed by atoms with E-state index in [0.29, 0.717) is 6.42 Å². The molecule has 0 aliphatic carbocycles. The molecule has 1 heterocycles. The summed E-state index contributed by atoms with van der Waals surface area (Å²) in [6.45, 7) is 0. The van der Waals surface area contributed by atoms with Crippen LogP contribution in [-0.4, -0.2) is 42.0 Å². The van der Waals surface area contributed by atoms with Crippen LogP contribution in [0.5, 0.6) is 0 Å². The summed E-state index contributed by atoms with van der Waals surface area (Å²) in [5.41, 5.74) is 2.97. The van der Waals surface area contributed by atoms with Crippen LogP contribution in [0, 0.1) is 0 Å². The Morgan fingerprint density at radius 2 is 2.28 bits per heavy atom. The number of carbonyl (C=O) groups is 1. The molecule has 0 saturated carbocycles. The largest absolute Gasteiger partial charge is 0.469 e. The Balaban J connectivity index is 2.31. The average Bonchev–Trinajstić information content (AvgIpc) is 2.82. The highest BCUT2D eigenvalue weighted by molar-refractivity contribution is 5.76. The molecule has 96 valence electrons. The zero-order valence-electron chi connectivity index (χ0n) is 10.8. The molecule has 1 atom stereocenters. The predicted molar refractivity (Wildman–Crippen MR) is 69.2 cm³/mol. The molecule has 0 aliphatic rings. The van der Waals surface area contributed by atoms with Crippen LogP contribution in [0.4, 0.5) is 0 Å². The van der Waals surface area contributed by atoms with E-state index < -0.39 is 0 Å². The second-order valence-corrected chi connectivity index (χ2v) is 4.44. The molecule has 1 aromatic carbocycles. The number of carbonyl (C=O) groups excluding carboxylic acids is 1. The number of nitrogens with zero attached hydrogens (tertiary/aromatic N) is 2. The molecule has 0 bridgehead atoms. The van der Waals surface area contributed by atoms with E-state index in [-0.39, 0.29) is 12.0 Å². The van der Waals surface area contributed by atoms with Crippen molar-refractivity contribution in [2.75, 3.05) is 21.2 Å². The Kier molecular flexibility index (Phi) is 3.62. The quantitative estimate of drug-likeness (QED) is 0.836. The molecule has 1 unspecified atom stereocenters. The minimum absolute atomic E-state index is 0.00477. The molecular formula is C13H17N3O2. The van der Waals surface area contributed by atoms with E-state index in [1.54, 1.807) is 6.33 Å². The molecule has 5 nitrogen and oxygen atoms in total. The van der Waals surface area contributed by atoms with Gasteiger partial charge in [0.1, 0.15) is 0 Å². The van der Waals surface area contributed by atoms with E-state index in [1.165, 1.54) is 7.11 Å². The van der Waals surface area contributed by atoms with E-state index in [0.717, 1.165) is 16.6 Å². The second-order valence-electron chi connectivity index (χ2n) is 4.44. The van der Waals surface area contributed by atoms with Gasteiger partial charge in [-0.1, -0.05) is 6.07 Å². The Morgan fingerprint density at radius 1 is 1.50 bits per heavy atom. The number of aromatic nitrogens is 2. The van der Waals surface area contributed by atoms with Crippen LogP contribution in [0.2, 0.25) is 0 Å². The van der Waals surface area contributed by atoms with E-state index >= 15 is 0 Å². The minimum atomic E-state index is -0.210. The minimum Gasteiger partial charge on any atom is -0.469 e. The lowest BCUT2D eigenvalue weighted by molar-refractivity contribution is -0.141. The monoisotopic (exact) mass is 247 g/mol. The van der Waals surface area contributed by atoms with Gasteiger partial charge in [-0.25, -0.2) is 4.98 Å². The number of imidazole rings is 1. The van der Waals surface area contributed by atoms with Crippen molar-refractivity contribution in [2.24, 2.45) is 0 Å². The highest BCUT2D eigenvalue weighted by Gasteiger charge is 2.19. The van der Waals surface area contributed by atoms with Gasteiger partial charge in [-0.05, 0) is 31.8 Å². The summed E-state index contributed by atoms with van der Waals surface area (Å²) >= 11 is 0. The number of esters is 1. The summed E-state index contributed by atoms with van der Waals surface area (Å²) in [5.74, 6) is -0.210. The smallest absolute Gasteiger partial charge is 0.307 e. The van der Waals surface area contributed by atoms with Crippen molar-refractivity contribution >= 4 is 17.0 Å². The van der Waals surface area contributed by atoms with Crippen molar-refractivity contribution in [2.45, 2.75) is 12.5 Å². The van der Waals surface area contributed by atoms with Gasteiger partial charge < -0.3 is 14.6 Å². The molecule has 0 aliphatic heterocycles. The highest BCUT2D eigenvalue weighted by atomic mass is 16.5. The number of aromatic amines is 1. The molecule has 2 rings (SSSR count). The van der Waals surface area contributed by atoms with Crippen molar-refractivity contribution < 1.29 is 9.53 Å². The summed E-state index contributed by atoms with van der Waals surface area (Å²) in [5, 5.41) is 0. The molecule has 0 amide bonds. The summed E-state index contributed by atoms with van der Waals surface area (Å²) in [6, 6.07) is 5.98. The van der Waals surface area contributed by atoms with Gasteiger partial charge in [0.05, 0.1) is 30.9 Å². The SMILES string of the molecule is COC(=O)CC(c1ccc2nc[nH]c2c1)N(C)C. The fraction of sp³-hybridized carbons (Fsp3) is 0.385. The third-order valence-corrected chi connectivity index (χ3v) is 3.04. The van der Waals surface area contributed by atoms with E-state index in [4.69, 9.17) is 4.74 Å². The lowest BCUT2D eigenvalue weighted by Crippen LogP contribution is -2.23.